The smallest absolute Gasteiger partial charge is 0.383 e. The Bertz CT molecular complexity index is 1330. The predicted octanol–water partition coefficient (Wildman–Crippen LogP) is 6.01. The number of carbonyl (C=O) groups is 2. The minimum atomic E-state index is -0.888. The lowest BCUT2D eigenvalue weighted by Crippen LogP contribution is -2.16. The van der Waals surface area contributed by atoms with Crippen molar-refractivity contribution in [2.75, 3.05) is 6.61 Å². The van der Waals surface area contributed by atoms with Gasteiger partial charge in [0, 0.05) is 6.92 Å². The van der Waals surface area contributed by atoms with Crippen LogP contribution in [0.15, 0.2) is 81.0 Å². The van der Waals surface area contributed by atoms with E-state index in [1.165, 1.54) is 12.5 Å². The Hall–Kier alpha value is -4.13. The fourth-order valence-corrected chi connectivity index (χ4v) is 3.32. The van der Waals surface area contributed by atoms with E-state index in [1.807, 2.05) is 26.8 Å². The number of hydrogen-bond acceptors (Lipinski definition) is 7. The van der Waals surface area contributed by atoms with Crippen LogP contribution in [0.2, 0.25) is 0 Å². The standard InChI is InChI=1S/C28H28O7/c1-18(2)10-8-11-19(3)16-17-32-25-24-22(33-20(4)29)14-9-15-23(24)34-28(31)26(25)35-27(30)21-12-6-5-7-13-21/h5-7,9-10,12-16H,8,11,17H2,1-4H3/b19-16+. The molecule has 1 aromatic heterocycles. The first kappa shape index (κ1) is 25.5. The number of allylic oxidation sites excluding steroid dienone is 3. The van der Waals surface area contributed by atoms with E-state index in [1.54, 1.807) is 48.5 Å². The van der Waals surface area contributed by atoms with Gasteiger partial charge in [-0.15, -0.1) is 0 Å². The van der Waals surface area contributed by atoms with Crippen molar-refractivity contribution in [1.82, 2.24) is 0 Å². The van der Waals surface area contributed by atoms with Crippen LogP contribution in [0.1, 0.15) is 50.9 Å². The first-order valence-electron chi connectivity index (χ1n) is 11.2. The molecule has 3 rings (SSSR count). The molecule has 0 radical (unpaired) electrons. The van der Waals surface area contributed by atoms with Gasteiger partial charge in [0.05, 0.1) is 5.56 Å². The molecule has 2 aromatic carbocycles. The van der Waals surface area contributed by atoms with Gasteiger partial charge in [-0.25, -0.2) is 9.59 Å². The summed E-state index contributed by atoms with van der Waals surface area (Å²) in [6, 6.07) is 12.9. The molecule has 35 heavy (non-hydrogen) atoms. The van der Waals surface area contributed by atoms with Crippen LogP contribution in [0.25, 0.3) is 11.0 Å². The second-order valence-electron chi connectivity index (χ2n) is 8.21. The molecule has 0 unspecified atom stereocenters. The lowest BCUT2D eigenvalue weighted by molar-refractivity contribution is -0.131. The van der Waals surface area contributed by atoms with Crippen LogP contribution in [0, 0.1) is 0 Å². The molecule has 7 heteroatoms. The van der Waals surface area contributed by atoms with E-state index in [0.29, 0.717) is 0 Å². The van der Waals surface area contributed by atoms with Gasteiger partial charge in [0.15, 0.2) is 5.75 Å². The summed E-state index contributed by atoms with van der Waals surface area (Å²) in [5.74, 6) is -1.64. The zero-order valence-electron chi connectivity index (χ0n) is 20.3. The van der Waals surface area contributed by atoms with Crippen LogP contribution in [0.4, 0.5) is 0 Å². The van der Waals surface area contributed by atoms with E-state index in [4.69, 9.17) is 18.6 Å². The highest BCUT2D eigenvalue weighted by atomic mass is 16.6. The number of carbonyl (C=O) groups excluding carboxylic acids is 2. The van der Waals surface area contributed by atoms with E-state index < -0.39 is 23.3 Å². The van der Waals surface area contributed by atoms with E-state index in [2.05, 4.69) is 6.08 Å². The molecule has 0 aliphatic heterocycles. The monoisotopic (exact) mass is 476 g/mol. The molecule has 3 aromatic rings. The minimum Gasteiger partial charge on any atom is -0.484 e. The van der Waals surface area contributed by atoms with Gasteiger partial charge in [-0.05, 0) is 64.0 Å². The third-order valence-electron chi connectivity index (χ3n) is 5.02. The molecule has 0 saturated carbocycles. The third kappa shape index (κ3) is 6.93. The van der Waals surface area contributed by atoms with Crippen molar-refractivity contribution < 1.29 is 28.2 Å². The summed E-state index contributed by atoms with van der Waals surface area (Å²) < 4.78 is 22.1. The van der Waals surface area contributed by atoms with E-state index in [9.17, 15) is 14.4 Å². The van der Waals surface area contributed by atoms with Crippen LogP contribution < -0.4 is 19.8 Å². The summed E-state index contributed by atoms with van der Waals surface area (Å²) >= 11 is 0. The van der Waals surface area contributed by atoms with Crippen molar-refractivity contribution in [2.24, 2.45) is 0 Å². The molecule has 0 aliphatic carbocycles. The third-order valence-corrected chi connectivity index (χ3v) is 5.02. The average molecular weight is 477 g/mol. The second-order valence-corrected chi connectivity index (χ2v) is 8.21. The molecule has 182 valence electrons. The van der Waals surface area contributed by atoms with Gasteiger partial charge in [-0.2, -0.15) is 0 Å². The Kier molecular flexibility index (Phi) is 8.62. The SMILES string of the molecule is CC(=O)Oc1cccc2oc(=O)c(OC(=O)c3ccccc3)c(OC/C=C(\C)CCC=C(C)C)c12. The molecule has 0 amide bonds. The fourth-order valence-electron chi connectivity index (χ4n) is 3.32. The first-order chi connectivity index (χ1) is 16.8. The zero-order chi connectivity index (χ0) is 25.4. The Labute approximate surface area is 203 Å². The molecule has 0 spiro atoms. The number of benzene rings is 2. The van der Waals surface area contributed by atoms with Gasteiger partial charge < -0.3 is 18.6 Å². The summed E-state index contributed by atoms with van der Waals surface area (Å²) in [5, 5.41) is 0.216. The Morgan fingerprint density at radius 2 is 1.63 bits per heavy atom. The van der Waals surface area contributed by atoms with Crippen molar-refractivity contribution >= 4 is 22.9 Å². The Morgan fingerprint density at radius 1 is 0.886 bits per heavy atom. The molecule has 7 nitrogen and oxygen atoms in total. The second kappa shape index (κ2) is 11.8. The summed E-state index contributed by atoms with van der Waals surface area (Å²) in [7, 11) is 0. The fraction of sp³-hybridized carbons (Fsp3) is 0.250. The highest BCUT2D eigenvalue weighted by Gasteiger charge is 2.24. The van der Waals surface area contributed by atoms with E-state index >= 15 is 0 Å². The van der Waals surface area contributed by atoms with Gasteiger partial charge in [0.25, 0.3) is 5.75 Å². The van der Waals surface area contributed by atoms with Crippen molar-refractivity contribution in [3.05, 3.63) is 87.8 Å². The van der Waals surface area contributed by atoms with Crippen molar-refractivity contribution in [3.8, 4) is 17.2 Å². The highest BCUT2D eigenvalue weighted by molar-refractivity contribution is 5.96. The summed E-state index contributed by atoms with van der Waals surface area (Å²) in [6.45, 7) is 7.44. The van der Waals surface area contributed by atoms with Gasteiger partial charge in [-0.3, -0.25) is 4.79 Å². The molecule has 0 fully saturated rings. The van der Waals surface area contributed by atoms with Crippen molar-refractivity contribution in [3.63, 3.8) is 0 Å². The number of fused-ring (bicyclic) bond motifs is 1. The first-order valence-corrected chi connectivity index (χ1v) is 11.2. The number of rotatable bonds is 9. The summed E-state index contributed by atoms with van der Waals surface area (Å²) in [5.41, 5.74) is 1.84. The molecule has 0 N–H and O–H groups in total. The maximum atomic E-state index is 12.8. The van der Waals surface area contributed by atoms with Gasteiger partial charge in [0.1, 0.15) is 23.3 Å². The molecule has 0 atom stereocenters. The van der Waals surface area contributed by atoms with Crippen molar-refractivity contribution in [1.29, 1.82) is 0 Å². The minimum absolute atomic E-state index is 0.0364. The van der Waals surface area contributed by atoms with Gasteiger partial charge >= 0.3 is 17.6 Å². The molecular formula is C28H28O7. The zero-order valence-corrected chi connectivity index (χ0v) is 20.3. The van der Waals surface area contributed by atoms with Gasteiger partial charge in [-0.1, -0.05) is 41.5 Å². The van der Waals surface area contributed by atoms with E-state index in [0.717, 1.165) is 18.4 Å². The number of hydrogen-bond donors (Lipinski definition) is 0. The molecule has 0 bridgehead atoms. The largest absolute Gasteiger partial charge is 0.484 e. The maximum Gasteiger partial charge on any atom is 0.383 e. The maximum absolute atomic E-state index is 12.8. The highest BCUT2D eigenvalue weighted by Crippen LogP contribution is 2.39. The molecule has 0 aliphatic rings. The van der Waals surface area contributed by atoms with Crippen LogP contribution in [0.5, 0.6) is 17.2 Å². The van der Waals surface area contributed by atoms with E-state index in [-0.39, 0.29) is 34.6 Å². The van der Waals surface area contributed by atoms with Crippen LogP contribution in [0.3, 0.4) is 0 Å². The lowest BCUT2D eigenvalue weighted by atomic mass is 10.1. The van der Waals surface area contributed by atoms with Gasteiger partial charge in [0.2, 0.25) is 0 Å². The summed E-state index contributed by atoms with van der Waals surface area (Å²) in [6.07, 6.45) is 5.79. The predicted molar refractivity (Wildman–Crippen MR) is 133 cm³/mol. The number of esters is 2. The topological polar surface area (TPSA) is 92.0 Å². The Morgan fingerprint density at radius 3 is 2.31 bits per heavy atom. The van der Waals surface area contributed by atoms with Crippen LogP contribution in [-0.4, -0.2) is 18.5 Å². The lowest BCUT2D eigenvalue weighted by Gasteiger charge is -2.14. The van der Waals surface area contributed by atoms with Crippen molar-refractivity contribution in [2.45, 2.75) is 40.5 Å². The molecule has 0 saturated heterocycles. The Balaban J connectivity index is 2.02. The molecule has 1 heterocycles. The van der Waals surface area contributed by atoms with Crippen LogP contribution in [-0.2, 0) is 4.79 Å². The average Bonchev–Trinajstić information content (AvgIpc) is 2.80. The number of ether oxygens (including phenoxy) is 3. The normalized spacial score (nSPS) is 11.1. The van der Waals surface area contributed by atoms with Crippen LogP contribution >= 0.6 is 0 Å². The summed E-state index contributed by atoms with van der Waals surface area (Å²) in [4.78, 5) is 37.2. The quantitative estimate of drug-likeness (QED) is 0.162. The molecular weight excluding hydrogens is 448 g/mol.